The van der Waals surface area contributed by atoms with Gasteiger partial charge in [0.2, 0.25) is 5.91 Å². The average molecular weight is 392 g/mol. The van der Waals surface area contributed by atoms with Crippen LogP contribution < -0.4 is 5.43 Å². The largest absolute Gasteiger partial charge is 0.318 e. The van der Waals surface area contributed by atoms with Crippen molar-refractivity contribution in [1.82, 2.24) is 9.99 Å². The Bertz CT molecular complexity index is 977. The van der Waals surface area contributed by atoms with Crippen molar-refractivity contribution in [2.75, 3.05) is 5.75 Å². The van der Waals surface area contributed by atoms with E-state index < -0.39 is 0 Å². The van der Waals surface area contributed by atoms with Gasteiger partial charge in [-0.15, -0.1) is 11.8 Å². The third kappa shape index (κ3) is 5.14. The number of amides is 1. The van der Waals surface area contributed by atoms with Crippen LogP contribution in [0.5, 0.6) is 0 Å². The Morgan fingerprint density at radius 3 is 2.61 bits per heavy atom. The van der Waals surface area contributed by atoms with E-state index in [1.54, 1.807) is 18.0 Å². The van der Waals surface area contributed by atoms with Crippen molar-refractivity contribution in [3.8, 4) is 5.69 Å². The van der Waals surface area contributed by atoms with E-state index in [1.165, 1.54) is 10.5 Å². The highest BCUT2D eigenvalue weighted by molar-refractivity contribution is 7.99. The molecule has 0 aliphatic rings. The van der Waals surface area contributed by atoms with Crippen LogP contribution in [0.2, 0.25) is 0 Å². The molecule has 1 heterocycles. The monoisotopic (exact) mass is 391 g/mol. The molecule has 0 saturated carbocycles. The Morgan fingerprint density at radius 2 is 1.86 bits per heavy atom. The molecule has 0 atom stereocenters. The normalized spacial score (nSPS) is 11.1. The lowest BCUT2D eigenvalue weighted by Gasteiger charge is -2.10. The van der Waals surface area contributed by atoms with Gasteiger partial charge >= 0.3 is 0 Å². The summed E-state index contributed by atoms with van der Waals surface area (Å²) in [5.74, 6) is 0.653. The number of rotatable bonds is 7. The second-order valence-electron chi connectivity index (χ2n) is 6.71. The molecule has 3 aromatic rings. The molecular formula is C23H25N3OS. The van der Waals surface area contributed by atoms with Gasteiger partial charge in [0.05, 0.1) is 6.21 Å². The third-order valence-electron chi connectivity index (χ3n) is 4.46. The molecule has 1 N–H and O–H groups in total. The standard InChI is InChI=1S/C23H25N3OS/c1-17-8-7-9-21(14-17)26-18(2)15-20(19(26)3)16-24-25-23(27)12-13-28-22-10-5-4-6-11-22/h4-11,14-16H,12-13H2,1-3H3,(H,25,27)/b24-16+. The Labute approximate surface area is 170 Å². The molecule has 0 aliphatic carbocycles. The van der Waals surface area contributed by atoms with Crippen LogP contribution in [0.25, 0.3) is 5.69 Å². The summed E-state index contributed by atoms with van der Waals surface area (Å²) >= 11 is 1.67. The van der Waals surface area contributed by atoms with Gasteiger partial charge < -0.3 is 4.57 Å². The molecule has 1 amide bonds. The molecule has 0 unspecified atom stereocenters. The van der Waals surface area contributed by atoms with Crippen molar-refractivity contribution in [3.63, 3.8) is 0 Å². The van der Waals surface area contributed by atoms with E-state index in [0.717, 1.165) is 28.4 Å². The van der Waals surface area contributed by atoms with Crippen LogP contribution in [0.1, 0.15) is 28.9 Å². The highest BCUT2D eigenvalue weighted by Crippen LogP contribution is 2.20. The zero-order valence-corrected chi connectivity index (χ0v) is 17.3. The molecule has 0 aliphatic heterocycles. The summed E-state index contributed by atoms with van der Waals surface area (Å²) in [6.45, 7) is 6.23. The van der Waals surface area contributed by atoms with Gasteiger partial charge in [-0.25, -0.2) is 5.43 Å². The highest BCUT2D eigenvalue weighted by atomic mass is 32.2. The zero-order chi connectivity index (χ0) is 19.9. The maximum atomic E-state index is 12.0. The summed E-state index contributed by atoms with van der Waals surface area (Å²) < 4.78 is 2.20. The fraction of sp³-hybridized carbons (Fsp3) is 0.217. The van der Waals surface area contributed by atoms with Crippen molar-refractivity contribution < 1.29 is 4.79 Å². The zero-order valence-electron chi connectivity index (χ0n) is 16.5. The summed E-state index contributed by atoms with van der Waals surface area (Å²) in [4.78, 5) is 13.2. The lowest BCUT2D eigenvalue weighted by molar-refractivity contribution is -0.120. The number of hydrogen-bond acceptors (Lipinski definition) is 3. The number of benzene rings is 2. The van der Waals surface area contributed by atoms with Crippen LogP contribution in [0.15, 0.2) is 70.7 Å². The molecular weight excluding hydrogens is 366 g/mol. The van der Waals surface area contributed by atoms with Crippen LogP contribution in [0, 0.1) is 20.8 Å². The van der Waals surface area contributed by atoms with Crippen molar-refractivity contribution in [2.24, 2.45) is 5.10 Å². The van der Waals surface area contributed by atoms with Gasteiger partial charge in [-0.1, -0.05) is 30.3 Å². The van der Waals surface area contributed by atoms with E-state index in [9.17, 15) is 4.79 Å². The first kappa shape index (κ1) is 20.0. The Hall–Kier alpha value is -2.79. The van der Waals surface area contributed by atoms with E-state index >= 15 is 0 Å². The highest BCUT2D eigenvalue weighted by Gasteiger charge is 2.09. The van der Waals surface area contributed by atoms with Crippen LogP contribution in [0.3, 0.4) is 0 Å². The van der Waals surface area contributed by atoms with Crippen molar-refractivity contribution in [1.29, 1.82) is 0 Å². The van der Waals surface area contributed by atoms with Crippen LogP contribution in [-0.2, 0) is 4.79 Å². The van der Waals surface area contributed by atoms with Gasteiger partial charge in [-0.2, -0.15) is 5.10 Å². The first-order valence-electron chi connectivity index (χ1n) is 9.30. The van der Waals surface area contributed by atoms with Gasteiger partial charge in [-0.3, -0.25) is 4.79 Å². The maximum Gasteiger partial charge on any atom is 0.240 e. The van der Waals surface area contributed by atoms with Crippen molar-refractivity contribution >= 4 is 23.9 Å². The molecule has 0 spiro atoms. The Morgan fingerprint density at radius 1 is 1.07 bits per heavy atom. The molecule has 1 aromatic heterocycles. The fourth-order valence-electron chi connectivity index (χ4n) is 3.09. The summed E-state index contributed by atoms with van der Waals surface area (Å²) in [6, 6.07) is 20.6. The van der Waals surface area contributed by atoms with Gasteiger partial charge in [0.25, 0.3) is 0 Å². The quantitative estimate of drug-likeness (QED) is 0.349. The molecule has 0 bridgehead atoms. The summed E-state index contributed by atoms with van der Waals surface area (Å²) in [6.07, 6.45) is 2.15. The van der Waals surface area contributed by atoms with Gasteiger partial charge in [0.15, 0.2) is 0 Å². The Balaban J connectivity index is 1.57. The van der Waals surface area contributed by atoms with Crippen LogP contribution in [-0.4, -0.2) is 22.4 Å². The fourth-order valence-corrected chi connectivity index (χ4v) is 3.96. The predicted octanol–water partition coefficient (Wildman–Crippen LogP) is 5.04. The maximum absolute atomic E-state index is 12.0. The number of aromatic nitrogens is 1. The van der Waals surface area contributed by atoms with Crippen LogP contribution >= 0.6 is 11.8 Å². The summed E-state index contributed by atoms with van der Waals surface area (Å²) in [5, 5.41) is 4.15. The molecule has 0 radical (unpaired) electrons. The molecule has 5 heteroatoms. The smallest absolute Gasteiger partial charge is 0.240 e. The minimum absolute atomic E-state index is 0.0767. The second-order valence-corrected chi connectivity index (χ2v) is 7.87. The van der Waals surface area contributed by atoms with E-state index in [1.807, 2.05) is 30.3 Å². The summed E-state index contributed by atoms with van der Waals surface area (Å²) in [5.41, 5.74) is 8.22. The molecule has 28 heavy (non-hydrogen) atoms. The molecule has 0 saturated heterocycles. The van der Waals surface area contributed by atoms with Crippen LogP contribution in [0.4, 0.5) is 0 Å². The number of hydrazone groups is 1. The SMILES string of the molecule is Cc1cccc(-n2c(C)cc(/C=N/NC(=O)CCSc3ccccc3)c2C)c1. The van der Waals surface area contributed by atoms with E-state index in [-0.39, 0.29) is 5.91 Å². The minimum Gasteiger partial charge on any atom is -0.318 e. The lowest BCUT2D eigenvalue weighted by atomic mass is 10.2. The first-order valence-corrected chi connectivity index (χ1v) is 10.3. The van der Waals surface area contributed by atoms with Gasteiger partial charge in [-0.05, 0) is 56.7 Å². The Kier molecular flexibility index (Phi) is 6.71. The van der Waals surface area contributed by atoms with E-state index in [0.29, 0.717) is 6.42 Å². The minimum atomic E-state index is -0.0767. The molecule has 3 rings (SSSR count). The second kappa shape index (κ2) is 9.42. The number of carbonyl (C=O) groups is 1. The predicted molar refractivity (Wildman–Crippen MR) is 117 cm³/mol. The number of hydrogen-bond donors (Lipinski definition) is 1. The number of nitrogens with zero attached hydrogens (tertiary/aromatic N) is 2. The third-order valence-corrected chi connectivity index (χ3v) is 5.48. The summed E-state index contributed by atoms with van der Waals surface area (Å²) in [7, 11) is 0. The van der Waals surface area contributed by atoms with Crippen molar-refractivity contribution in [3.05, 3.63) is 83.2 Å². The molecule has 144 valence electrons. The van der Waals surface area contributed by atoms with Gasteiger partial charge in [0.1, 0.15) is 0 Å². The molecule has 2 aromatic carbocycles. The topological polar surface area (TPSA) is 46.4 Å². The lowest BCUT2D eigenvalue weighted by Crippen LogP contribution is -2.17. The molecule has 0 fully saturated rings. The number of aryl methyl sites for hydroxylation is 2. The number of nitrogens with one attached hydrogen (secondary N) is 1. The van der Waals surface area contributed by atoms with Gasteiger partial charge in [0, 0.05) is 39.7 Å². The molecule has 4 nitrogen and oxygen atoms in total. The number of carbonyl (C=O) groups excluding carboxylic acids is 1. The van der Waals surface area contributed by atoms with Crippen molar-refractivity contribution in [2.45, 2.75) is 32.1 Å². The number of thioether (sulfide) groups is 1. The first-order chi connectivity index (χ1) is 13.5. The van der Waals surface area contributed by atoms with E-state index in [4.69, 9.17) is 0 Å². The average Bonchev–Trinajstić information content (AvgIpc) is 2.96. The van der Waals surface area contributed by atoms with E-state index in [2.05, 4.69) is 66.2 Å².